The van der Waals surface area contributed by atoms with Gasteiger partial charge in [-0.3, -0.25) is 10.1 Å². The molecule has 0 aromatic rings. The highest BCUT2D eigenvalue weighted by Crippen LogP contribution is 2.06. The first kappa shape index (κ1) is 16.8. The van der Waals surface area contributed by atoms with Crippen molar-refractivity contribution in [3.05, 3.63) is 0 Å². The Kier molecular flexibility index (Phi) is 11.1. The molecule has 1 N–H and O–H groups in total. The van der Waals surface area contributed by atoms with Crippen molar-refractivity contribution in [2.45, 2.75) is 53.1 Å². The Balaban J connectivity index is 0. The van der Waals surface area contributed by atoms with Gasteiger partial charge in [0.2, 0.25) is 0 Å². The quantitative estimate of drug-likeness (QED) is 0.450. The van der Waals surface area contributed by atoms with Gasteiger partial charge in [0, 0.05) is 6.92 Å². The predicted octanol–water partition coefficient (Wildman–Crippen LogP) is 2.56. The van der Waals surface area contributed by atoms with Crippen LogP contribution >= 0.6 is 0 Å². The molecule has 0 amide bonds. The standard InChI is InChI=1S/C6H12O3.C4H10O2/c1-5(7)8-9-6(2,3)4;1-2-3-4-6-5/h1-4H3;5H,2-4H2,1H3. The number of unbranched alkanes of at least 4 members (excludes halogenated alkanes) is 1. The maximum Gasteiger partial charge on any atom is 0.339 e. The number of carbonyl (C=O) groups is 1. The highest BCUT2D eigenvalue weighted by atomic mass is 17.2. The Bertz CT molecular complexity index is 146. The van der Waals surface area contributed by atoms with Gasteiger partial charge in [-0.25, -0.2) is 9.68 Å². The van der Waals surface area contributed by atoms with E-state index in [1.807, 2.05) is 6.92 Å². The summed E-state index contributed by atoms with van der Waals surface area (Å²) in [6.45, 7) is 9.21. The van der Waals surface area contributed by atoms with Gasteiger partial charge in [0.25, 0.3) is 0 Å². The van der Waals surface area contributed by atoms with E-state index in [1.54, 1.807) is 20.8 Å². The number of hydrogen-bond acceptors (Lipinski definition) is 5. The molecule has 0 unspecified atom stereocenters. The van der Waals surface area contributed by atoms with Gasteiger partial charge in [0.1, 0.15) is 5.60 Å². The Morgan fingerprint density at radius 2 is 1.87 bits per heavy atom. The molecule has 0 aromatic heterocycles. The van der Waals surface area contributed by atoms with Crippen molar-refractivity contribution in [1.82, 2.24) is 0 Å². The van der Waals surface area contributed by atoms with Crippen LogP contribution in [0.3, 0.4) is 0 Å². The maximum absolute atomic E-state index is 10.1. The van der Waals surface area contributed by atoms with E-state index in [0.717, 1.165) is 12.8 Å². The molecule has 0 aromatic carbocycles. The highest BCUT2D eigenvalue weighted by molar-refractivity contribution is 5.65. The van der Waals surface area contributed by atoms with Crippen LogP contribution in [0.5, 0.6) is 0 Å². The Hall–Kier alpha value is -0.650. The van der Waals surface area contributed by atoms with Gasteiger partial charge in [-0.15, -0.1) is 0 Å². The summed E-state index contributed by atoms with van der Waals surface area (Å²) in [5.41, 5.74) is -0.411. The van der Waals surface area contributed by atoms with E-state index in [2.05, 4.69) is 14.7 Å². The zero-order valence-electron chi connectivity index (χ0n) is 10.2. The summed E-state index contributed by atoms with van der Waals surface area (Å²) in [6.07, 6.45) is 2.01. The molecule has 0 aliphatic heterocycles. The predicted molar refractivity (Wildman–Crippen MR) is 56.1 cm³/mol. The third-order valence-corrected chi connectivity index (χ3v) is 0.998. The minimum absolute atomic E-state index is 0.411. The lowest BCUT2D eigenvalue weighted by Crippen LogP contribution is -2.20. The molecule has 5 nitrogen and oxygen atoms in total. The largest absolute Gasteiger partial charge is 0.339 e. The molecule has 0 bridgehead atoms. The number of rotatable bonds is 4. The van der Waals surface area contributed by atoms with E-state index < -0.39 is 11.6 Å². The normalized spacial score (nSPS) is 10.3. The summed E-state index contributed by atoms with van der Waals surface area (Å²) < 4.78 is 0. The molecule has 0 saturated heterocycles. The molecular weight excluding hydrogens is 200 g/mol. The molecule has 0 fully saturated rings. The van der Waals surface area contributed by atoms with Crippen LogP contribution in [0.1, 0.15) is 47.5 Å². The SMILES string of the molecule is CC(=O)OOC(C)(C)C.CCCCOO. The van der Waals surface area contributed by atoms with Crippen LogP contribution in [0.15, 0.2) is 0 Å². The first-order chi connectivity index (χ1) is 6.83. The van der Waals surface area contributed by atoms with E-state index in [1.165, 1.54) is 6.92 Å². The van der Waals surface area contributed by atoms with Crippen LogP contribution in [0.2, 0.25) is 0 Å². The van der Waals surface area contributed by atoms with Gasteiger partial charge in [-0.2, -0.15) is 4.89 Å². The van der Waals surface area contributed by atoms with Gasteiger partial charge in [-0.05, 0) is 27.2 Å². The molecule has 0 atom stereocenters. The Morgan fingerprint density at radius 1 is 1.33 bits per heavy atom. The lowest BCUT2D eigenvalue weighted by atomic mass is 10.2. The summed E-state index contributed by atoms with van der Waals surface area (Å²) >= 11 is 0. The van der Waals surface area contributed by atoms with Crippen LogP contribution in [0.25, 0.3) is 0 Å². The monoisotopic (exact) mass is 222 g/mol. The summed E-state index contributed by atoms with van der Waals surface area (Å²) in [4.78, 5) is 22.8. The van der Waals surface area contributed by atoms with Crippen LogP contribution in [-0.2, 0) is 19.5 Å². The van der Waals surface area contributed by atoms with Gasteiger partial charge < -0.3 is 0 Å². The zero-order valence-corrected chi connectivity index (χ0v) is 10.2. The van der Waals surface area contributed by atoms with Crippen molar-refractivity contribution in [2.75, 3.05) is 6.61 Å². The average Bonchev–Trinajstić information content (AvgIpc) is 2.11. The van der Waals surface area contributed by atoms with Crippen molar-refractivity contribution < 1.29 is 24.7 Å². The minimum Gasteiger partial charge on any atom is -0.298 e. The molecule has 5 heteroatoms. The van der Waals surface area contributed by atoms with Crippen molar-refractivity contribution >= 4 is 5.97 Å². The molecule has 0 radical (unpaired) electrons. The molecular formula is C10H22O5. The molecule has 15 heavy (non-hydrogen) atoms. The van der Waals surface area contributed by atoms with Gasteiger partial charge >= 0.3 is 5.97 Å². The fourth-order valence-corrected chi connectivity index (χ4v) is 0.393. The second kappa shape index (κ2) is 9.89. The third-order valence-electron chi connectivity index (χ3n) is 0.998. The lowest BCUT2D eigenvalue weighted by molar-refractivity contribution is -0.318. The zero-order chi connectivity index (χ0) is 12.3. The van der Waals surface area contributed by atoms with Gasteiger partial charge in [0.05, 0.1) is 6.61 Å². The molecule has 0 heterocycles. The van der Waals surface area contributed by atoms with Crippen molar-refractivity contribution in [3.8, 4) is 0 Å². The Labute approximate surface area is 91.2 Å². The molecule has 92 valence electrons. The van der Waals surface area contributed by atoms with Crippen LogP contribution in [-0.4, -0.2) is 23.4 Å². The number of carbonyl (C=O) groups excluding carboxylic acids is 1. The van der Waals surface area contributed by atoms with Crippen LogP contribution in [0, 0.1) is 0 Å². The lowest BCUT2D eigenvalue weighted by Gasteiger charge is -2.15. The van der Waals surface area contributed by atoms with Crippen LogP contribution < -0.4 is 0 Å². The average molecular weight is 222 g/mol. The van der Waals surface area contributed by atoms with E-state index in [-0.39, 0.29) is 0 Å². The second-order valence-electron chi connectivity index (χ2n) is 3.96. The van der Waals surface area contributed by atoms with E-state index in [4.69, 9.17) is 5.26 Å². The Morgan fingerprint density at radius 3 is 2.00 bits per heavy atom. The van der Waals surface area contributed by atoms with Gasteiger partial charge in [-0.1, -0.05) is 13.3 Å². The van der Waals surface area contributed by atoms with Crippen molar-refractivity contribution in [2.24, 2.45) is 0 Å². The molecule has 0 spiro atoms. The smallest absolute Gasteiger partial charge is 0.298 e. The molecule has 0 rings (SSSR count). The second-order valence-corrected chi connectivity index (χ2v) is 3.96. The topological polar surface area (TPSA) is 65.0 Å². The summed E-state index contributed by atoms with van der Waals surface area (Å²) in [5.74, 6) is -0.426. The first-order valence-electron chi connectivity index (χ1n) is 4.96. The van der Waals surface area contributed by atoms with Gasteiger partial charge in [0.15, 0.2) is 0 Å². The highest BCUT2D eigenvalue weighted by Gasteiger charge is 2.12. The fourth-order valence-electron chi connectivity index (χ4n) is 0.393. The molecule has 0 aliphatic rings. The summed E-state index contributed by atoms with van der Waals surface area (Å²) in [5, 5.41) is 7.70. The van der Waals surface area contributed by atoms with E-state index in [9.17, 15) is 4.79 Å². The minimum atomic E-state index is -0.426. The van der Waals surface area contributed by atoms with E-state index in [0.29, 0.717) is 6.61 Å². The van der Waals surface area contributed by atoms with Crippen molar-refractivity contribution in [3.63, 3.8) is 0 Å². The molecule has 0 aliphatic carbocycles. The fraction of sp³-hybridized carbons (Fsp3) is 0.900. The van der Waals surface area contributed by atoms with Crippen molar-refractivity contribution in [1.29, 1.82) is 0 Å². The number of hydrogen-bond donors (Lipinski definition) is 1. The molecule has 0 saturated carbocycles. The summed E-state index contributed by atoms with van der Waals surface area (Å²) in [6, 6.07) is 0. The van der Waals surface area contributed by atoms with E-state index >= 15 is 0 Å². The maximum atomic E-state index is 10.1. The third kappa shape index (κ3) is 24.7. The van der Waals surface area contributed by atoms with Crippen LogP contribution in [0.4, 0.5) is 0 Å². The summed E-state index contributed by atoms with van der Waals surface area (Å²) in [7, 11) is 0. The first-order valence-corrected chi connectivity index (χ1v) is 4.96.